The van der Waals surface area contributed by atoms with E-state index in [1.165, 1.54) is 31.4 Å². The van der Waals surface area contributed by atoms with Crippen LogP contribution in [0.25, 0.3) is 44.9 Å². The maximum atomic E-state index is 13.5. The molecule has 10 heteroatoms. The van der Waals surface area contributed by atoms with Crippen molar-refractivity contribution in [3.8, 4) is 39.7 Å². The number of aromatic amines is 1. The van der Waals surface area contributed by atoms with E-state index in [1.54, 1.807) is 30.3 Å². The molecule has 44 heavy (non-hydrogen) atoms. The second kappa shape index (κ2) is 11.7. The van der Waals surface area contributed by atoms with E-state index in [2.05, 4.69) is 31.3 Å². The summed E-state index contributed by atoms with van der Waals surface area (Å²) in [7, 11) is 0. The SMILES string of the molecule is O=C(O)c1ccc(-c2ccc(F)cc2)c(COc2ccc(-c3nc4cc(-c5nn[nH]n5)ccc4n3C3CCCCC3)cc2)c1. The molecule has 2 aromatic heterocycles. The normalized spacial score (nSPS) is 13.8. The third-order valence-corrected chi connectivity index (χ3v) is 8.25. The van der Waals surface area contributed by atoms with E-state index in [0.717, 1.165) is 52.0 Å². The molecule has 4 aromatic carbocycles. The van der Waals surface area contributed by atoms with Crippen molar-refractivity contribution in [2.75, 3.05) is 0 Å². The van der Waals surface area contributed by atoms with Gasteiger partial charge in [-0.3, -0.25) is 0 Å². The number of hydrogen-bond acceptors (Lipinski definition) is 6. The highest BCUT2D eigenvalue weighted by Gasteiger charge is 2.23. The fourth-order valence-corrected chi connectivity index (χ4v) is 6.05. The molecule has 1 saturated carbocycles. The number of carbonyl (C=O) groups is 1. The molecule has 0 unspecified atom stereocenters. The first kappa shape index (κ1) is 27.5. The fourth-order valence-electron chi connectivity index (χ4n) is 6.05. The highest BCUT2D eigenvalue weighted by atomic mass is 19.1. The van der Waals surface area contributed by atoms with Crippen LogP contribution in [0.15, 0.2) is 84.9 Å². The zero-order chi connectivity index (χ0) is 30.0. The van der Waals surface area contributed by atoms with Crippen LogP contribution in [0.1, 0.15) is 54.1 Å². The molecule has 2 N–H and O–H groups in total. The summed E-state index contributed by atoms with van der Waals surface area (Å²) in [6.07, 6.45) is 5.86. The van der Waals surface area contributed by atoms with Crippen molar-refractivity contribution in [2.24, 2.45) is 0 Å². The Balaban J connectivity index is 1.19. The van der Waals surface area contributed by atoms with Gasteiger partial charge in [-0.05, 0) is 101 Å². The number of carboxylic acids is 1. The molecule has 9 nitrogen and oxygen atoms in total. The topological polar surface area (TPSA) is 119 Å². The first-order chi connectivity index (χ1) is 21.5. The number of halogens is 1. The zero-order valence-electron chi connectivity index (χ0n) is 23.8. The molecule has 0 spiro atoms. The summed E-state index contributed by atoms with van der Waals surface area (Å²) < 4.78 is 22.1. The van der Waals surface area contributed by atoms with Crippen LogP contribution in [0.3, 0.4) is 0 Å². The third-order valence-electron chi connectivity index (χ3n) is 8.25. The van der Waals surface area contributed by atoms with Crippen molar-refractivity contribution in [1.29, 1.82) is 0 Å². The Morgan fingerprint density at radius 3 is 2.39 bits per heavy atom. The molecule has 0 saturated heterocycles. The Bertz CT molecular complexity index is 1930. The van der Waals surface area contributed by atoms with E-state index in [1.807, 2.05) is 36.4 Å². The minimum absolute atomic E-state index is 0.145. The highest BCUT2D eigenvalue weighted by molar-refractivity contribution is 5.89. The lowest BCUT2D eigenvalue weighted by Crippen LogP contribution is -2.14. The number of nitrogens with zero attached hydrogens (tertiary/aromatic N) is 5. The smallest absolute Gasteiger partial charge is 0.335 e. The molecule has 0 atom stereocenters. The predicted octanol–water partition coefficient (Wildman–Crippen LogP) is 7.47. The summed E-state index contributed by atoms with van der Waals surface area (Å²) in [5.74, 6) is 0.708. The highest BCUT2D eigenvalue weighted by Crippen LogP contribution is 2.37. The van der Waals surface area contributed by atoms with Crippen molar-refractivity contribution in [3.05, 3.63) is 102 Å². The molecule has 0 radical (unpaired) electrons. The largest absolute Gasteiger partial charge is 0.489 e. The first-order valence-electron chi connectivity index (χ1n) is 14.6. The zero-order valence-corrected chi connectivity index (χ0v) is 23.8. The number of nitrogens with one attached hydrogen (secondary N) is 1. The summed E-state index contributed by atoms with van der Waals surface area (Å²) in [4.78, 5) is 16.8. The van der Waals surface area contributed by atoms with Gasteiger partial charge in [0.05, 0.1) is 16.6 Å². The van der Waals surface area contributed by atoms with Crippen LogP contribution in [0.5, 0.6) is 5.75 Å². The number of carboxylic acid groups (broad SMARTS) is 1. The monoisotopic (exact) mass is 588 g/mol. The average molecular weight is 589 g/mol. The van der Waals surface area contributed by atoms with Gasteiger partial charge in [0.15, 0.2) is 0 Å². The maximum Gasteiger partial charge on any atom is 0.335 e. The number of benzene rings is 4. The van der Waals surface area contributed by atoms with E-state index in [-0.39, 0.29) is 18.0 Å². The van der Waals surface area contributed by atoms with Crippen LogP contribution in [0.4, 0.5) is 4.39 Å². The van der Waals surface area contributed by atoms with E-state index < -0.39 is 5.97 Å². The number of tetrazole rings is 1. The van der Waals surface area contributed by atoms with Gasteiger partial charge < -0.3 is 14.4 Å². The number of ether oxygens (including phenoxy) is 1. The second-order valence-electron chi connectivity index (χ2n) is 11.0. The van der Waals surface area contributed by atoms with Crippen LogP contribution >= 0.6 is 0 Å². The minimum Gasteiger partial charge on any atom is -0.489 e. The minimum atomic E-state index is -1.02. The summed E-state index contributed by atoms with van der Waals surface area (Å²) in [5, 5.41) is 24.0. The number of H-pyrrole nitrogens is 1. The van der Waals surface area contributed by atoms with Crippen LogP contribution in [0.2, 0.25) is 0 Å². The molecule has 0 bridgehead atoms. The van der Waals surface area contributed by atoms with Crippen LogP contribution in [-0.4, -0.2) is 41.3 Å². The Kier molecular flexibility index (Phi) is 7.31. The van der Waals surface area contributed by atoms with Gasteiger partial charge >= 0.3 is 5.97 Å². The van der Waals surface area contributed by atoms with Crippen molar-refractivity contribution in [1.82, 2.24) is 30.2 Å². The molecule has 7 rings (SSSR count). The quantitative estimate of drug-likeness (QED) is 0.189. The summed E-state index contributed by atoms with van der Waals surface area (Å²) >= 11 is 0. The van der Waals surface area contributed by atoms with E-state index >= 15 is 0 Å². The summed E-state index contributed by atoms with van der Waals surface area (Å²) in [5.41, 5.74) is 6.19. The van der Waals surface area contributed by atoms with Gasteiger partial charge in [-0.1, -0.05) is 37.5 Å². The molecule has 1 fully saturated rings. The van der Waals surface area contributed by atoms with E-state index in [9.17, 15) is 14.3 Å². The molecule has 2 heterocycles. The molecule has 6 aromatic rings. The van der Waals surface area contributed by atoms with E-state index in [4.69, 9.17) is 9.72 Å². The predicted molar refractivity (Wildman–Crippen MR) is 164 cm³/mol. The number of imidazole rings is 1. The first-order valence-corrected chi connectivity index (χ1v) is 14.6. The molecular weight excluding hydrogens is 559 g/mol. The number of fused-ring (bicyclic) bond motifs is 1. The Labute approximate surface area is 252 Å². The molecule has 0 aliphatic heterocycles. The summed E-state index contributed by atoms with van der Waals surface area (Å²) in [6, 6.07) is 25.3. The van der Waals surface area contributed by atoms with Crippen LogP contribution in [0, 0.1) is 5.82 Å². The second-order valence-corrected chi connectivity index (χ2v) is 11.0. The molecular formula is C34H29FN6O3. The van der Waals surface area contributed by atoms with Gasteiger partial charge in [0.25, 0.3) is 0 Å². The van der Waals surface area contributed by atoms with Crippen molar-refractivity contribution in [2.45, 2.75) is 44.8 Å². The Hall–Kier alpha value is -5.38. The number of aromatic carboxylic acids is 1. The summed E-state index contributed by atoms with van der Waals surface area (Å²) in [6.45, 7) is 0.145. The maximum absolute atomic E-state index is 13.5. The van der Waals surface area contributed by atoms with Crippen LogP contribution < -0.4 is 4.74 Å². The number of hydrogen-bond donors (Lipinski definition) is 2. The van der Waals surface area contributed by atoms with Crippen molar-refractivity contribution >= 4 is 17.0 Å². The molecule has 0 amide bonds. The van der Waals surface area contributed by atoms with Crippen molar-refractivity contribution < 1.29 is 19.0 Å². The molecule has 1 aliphatic carbocycles. The average Bonchev–Trinajstić information content (AvgIpc) is 3.73. The van der Waals surface area contributed by atoms with Gasteiger partial charge in [0, 0.05) is 17.2 Å². The van der Waals surface area contributed by atoms with Crippen LogP contribution in [-0.2, 0) is 6.61 Å². The van der Waals surface area contributed by atoms with E-state index in [0.29, 0.717) is 23.2 Å². The fraction of sp³-hybridized carbons (Fsp3) is 0.206. The lowest BCUT2D eigenvalue weighted by Gasteiger charge is -2.25. The van der Waals surface area contributed by atoms with Gasteiger partial charge in [-0.2, -0.15) is 5.21 Å². The Morgan fingerprint density at radius 1 is 0.909 bits per heavy atom. The van der Waals surface area contributed by atoms with Gasteiger partial charge in [0.1, 0.15) is 24.0 Å². The standard InChI is InChI=1S/C34H29FN6O3/c35-26-12-6-21(7-13-26)29-16-10-24(34(42)43)18-25(29)20-44-28-14-8-22(9-15-28)33-36-30-19-23(32-37-39-40-38-32)11-17-31(30)41(33)27-4-2-1-3-5-27/h6-19,27H,1-5,20H2,(H,42,43)(H,37,38,39,40). The third kappa shape index (κ3) is 5.42. The van der Waals surface area contributed by atoms with Gasteiger partial charge in [0.2, 0.25) is 5.82 Å². The Morgan fingerprint density at radius 2 is 1.66 bits per heavy atom. The van der Waals surface area contributed by atoms with Crippen molar-refractivity contribution in [3.63, 3.8) is 0 Å². The molecule has 220 valence electrons. The van der Waals surface area contributed by atoms with Gasteiger partial charge in [-0.25, -0.2) is 14.2 Å². The lowest BCUT2D eigenvalue weighted by molar-refractivity contribution is 0.0696. The lowest BCUT2D eigenvalue weighted by atomic mass is 9.95. The van der Waals surface area contributed by atoms with Gasteiger partial charge in [-0.15, -0.1) is 10.2 Å². The number of aromatic nitrogens is 6. The molecule has 1 aliphatic rings. The number of rotatable bonds is 8.